The molecule has 1 aliphatic rings. The summed E-state index contributed by atoms with van der Waals surface area (Å²) in [6.45, 7) is 0. The zero-order valence-corrected chi connectivity index (χ0v) is 14.2. The molecule has 0 aliphatic heterocycles. The highest BCUT2D eigenvalue weighted by Crippen LogP contribution is 2.53. The van der Waals surface area contributed by atoms with Crippen LogP contribution in [-0.4, -0.2) is 10.2 Å². The van der Waals surface area contributed by atoms with Crippen LogP contribution in [0.1, 0.15) is 23.8 Å². The maximum atomic E-state index is 12.5. The molecule has 1 heterocycles. The maximum Gasteiger partial charge on any atom is 0.227 e. The van der Waals surface area contributed by atoms with Crippen molar-refractivity contribution < 1.29 is 9.21 Å². The minimum Gasteiger partial charge on any atom is -0.459 e. The normalized spacial score (nSPS) is 19.8. The first kappa shape index (κ1) is 15.6. The lowest BCUT2D eigenvalue weighted by molar-refractivity contribution is -0.122. The molecule has 3 aromatic rings. The van der Waals surface area contributed by atoms with Gasteiger partial charge in [0.15, 0.2) is 0 Å². The van der Waals surface area contributed by atoms with Gasteiger partial charge in [-0.2, -0.15) is 0 Å². The topological polar surface area (TPSA) is 42.2 Å². The Morgan fingerprint density at radius 3 is 2.46 bits per heavy atom. The first-order valence-corrected chi connectivity index (χ1v) is 8.52. The molecule has 1 saturated carbocycles. The van der Waals surface area contributed by atoms with E-state index in [9.17, 15) is 4.79 Å². The molecule has 1 aromatic heterocycles. The molecule has 3 nitrogen and oxygen atoms in total. The minimum atomic E-state index is -0.945. The summed E-state index contributed by atoms with van der Waals surface area (Å²) in [4.78, 5) is 12.5. The number of benzene rings is 2. The van der Waals surface area contributed by atoms with Crippen molar-refractivity contribution in [3.8, 4) is 0 Å². The van der Waals surface area contributed by atoms with E-state index in [1.165, 1.54) is 0 Å². The fraction of sp³-hybridized carbons (Fsp3) is 0.211. The Bertz CT molecular complexity index is 856. The average molecular weight is 360 g/mol. The number of fused-ring (bicyclic) bond motifs is 1. The third kappa shape index (κ3) is 2.90. The van der Waals surface area contributed by atoms with Crippen LogP contribution < -0.4 is 5.32 Å². The summed E-state index contributed by atoms with van der Waals surface area (Å²) in [6.07, 6.45) is 0.476. The summed E-state index contributed by atoms with van der Waals surface area (Å²) in [7, 11) is 0. The van der Waals surface area contributed by atoms with Gasteiger partial charge in [0, 0.05) is 5.39 Å². The Morgan fingerprint density at radius 1 is 1.12 bits per heavy atom. The maximum absolute atomic E-state index is 12.5. The van der Waals surface area contributed by atoms with Gasteiger partial charge in [0.2, 0.25) is 5.91 Å². The Labute approximate surface area is 149 Å². The summed E-state index contributed by atoms with van der Waals surface area (Å²) >= 11 is 12.0. The number of hydrogen-bond acceptors (Lipinski definition) is 2. The standard InChI is InChI=1S/C19H15Cl2NO2/c20-19(21)11-14(19)18(23)22-17(12-6-2-1-3-7-12)16-10-13-8-4-5-9-15(13)24-16/h1-10,14,17H,11H2,(H,22,23). The molecule has 24 heavy (non-hydrogen) atoms. The van der Waals surface area contributed by atoms with Gasteiger partial charge in [-0.25, -0.2) is 0 Å². The van der Waals surface area contributed by atoms with Crippen LogP contribution in [0.15, 0.2) is 65.1 Å². The number of para-hydroxylation sites is 1. The van der Waals surface area contributed by atoms with E-state index >= 15 is 0 Å². The molecule has 4 rings (SSSR count). The predicted octanol–water partition coefficient (Wildman–Crippen LogP) is 4.83. The van der Waals surface area contributed by atoms with E-state index in [0.717, 1.165) is 16.5 Å². The second-order valence-electron chi connectivity index (χ2n) is 6.06. The summed E-state index contributed by atoms with van der Waals surface area (Å²) in [5.74, 6) is 0.150. The fourth-order valence-electron chi connectivity index (χ4n) is 2.85. The molecule has 1 fully saturated rings. The van der Waals surface area contributed by atoms with Crippen molar-refractivity contribution in [2.24, 2.45) is 5.92 Å². The van der Waals surface area contributed by atoms with E-state index in [1.807, 2.05) is 60.7 Å². The number of rotatable bonds is 4. The third-order valence-electron chi connectivity index (χ3n) is 4.29. The lowest BCUT2D eigenvalue weighted by Crippen LogP contribution is -2.31. The summed E-state index contributed by atoms with van der Waals surface area (Å²) in [5.41, 5.74) is 1.73. The monoisotopic (exact) mass is 359 g/mol. The number of hydrogen-bond donors (Lipinski definition) is 1. The van der Waals surface area contributed by atoms with E-state index in [0.29, 0.717) is 12.2 Å². The molecule has 0 saturated heterocycles. The van der Waals surface area contributed by atoms with Gasteiger partial charge in [-0.15, -0.1) is 23.2 Å². The van der Waals surface area contributed by atoms with Crippen molar-refractivity contribution in [2.45, 2.75) is 16.8 Å². The first-order valence-electron chi connectivity index (χ1n) is 7.76. The van der Waals surface area contributed by atoms with E-state index in [1.54, 1.807) is 0 Å². The predicted molar refractivity (Wildman–Crippen MR) is 95.2 cm³/mol. The van der Waals surface area contributed by atoms with Crippen LogP contribution in [0, 0.1) is 5.92 Å². The van der Waals surface area contributed by atoms with E-state index in [2.05, 4.69) is 5.32 Å². The van der Waals surface area contributed by atoms with E-state index in [4.69, 9.17) is 27.6 Å². The van der Waals surface area contributed by atoms with Gasteiger partial charge in [0.1, 0.15) is 21.7 Å². The van der Waals surface area contributed by atoms with Crippen molar-refractivity contribution in [3.05, 3.63) is 72.0 Å². The summed E-state index contributed by atoms with van der Waals surface area (Å²) in [6, 6.07) is 19.1. The van der Waals surface area contributed by atoms with Gasteiger partial charge in [0.25, 0.3) is 0 Å². The van der Waals surface area contributed by atoms with Gasteiger partial charge in [-0.05, 0) is 24.1 Å². The van der Waals surface area contributed by atoms with Gasteiger partial charge < -0.3 is 9.73 Å². The highest BCUT2D eigenvalue weighted by Gasteiger charge is 2.56. The summed E-state index contributed by atoms with van der Waals surface area (Å²) in [5, 5.41) is 4.02. The van der Waals surface area contributed by atoms with Gasteiger partial charge >= 0.3 is 0 Å². The van der Waals surface area contributed by atoms with Crippen LogP contribution in [0.5, 0.6) is 0 Å². The lowest BCUT2D eigenvalue weighted by atomic mass is 10.0. The second-order valence-corrected chi connectivity index (χ2v) is 7.60. The number of alkyl halides is 2. The van der Waals surface area contributed by atoms with Crippen molar-refractivity contribution in [2.75, 3.05) is 0 Å². The highest BCUT2D eigenvalue weighted by atomic mass is 35.5. The molecule has 1 amide bonds. The van der Waals surface area contributed by atoms with Crippen LogP contribution in [0.4, 0.5) is 0 Å². The first-order chi connectivity index (χ1) is 11.5. The molecule has 2 atom stereocenters. The molecule has 2 aromatic carbocycles. The molecule has 5 heteroatoms. The lowest BCUT2D eigenvalue weighted by Gasteiger charge is -2.17. The fourth-order valence-corrected chi connectivity index (χ4v) is 3.36. The molecule has 122 valence electrons. The van der Waals surface area contributed by atoms with E-state index < -0.39 is 4.33 Å². The molecule has 0 bridgehead atoms. The van der Waals surface area contributed by atoms with Crippen molar-refractivity contribution in [1.82, 2.24) is 5.32 Å². The average Bonchev–Trinajstić information content (AvgIpc) is 3.04. The van der Waals surface area contributed by atoms with Crippen LogP contribution in [0.25, 0.3) is 11.0 Å². The van der Waals surface area contributed by atoms with Gasteiger partial charge in [-0.1, -0.05) is 48.5 Å². The van der Waals surface area contributed by atoms with Crippen molar-refractivity contribution in [1.29, 1.82) is 0 Å². The van der Waals surface area contributed by atoms with Crippen LogP contribution in [-0.2, 0) is 4.79 Å². The number of nitrogens with one attached hydrogen (secondary N) is 1. The SMILES string of the molecule is O=C(NC(c1ccccc1)c1cc2ccccc2o1)C1CC1(Cl)Cl. The van der Waals surface area contributed by atoms with Crippen molar-refractivity contribution >= 4 is 40.1 Å². The zero-order chi connectivity index (χ0) is 16.7. The Kier molecular flexibility index (Phi) is 3.78. The Morgan fingerprint density at radius 2 is 1.79 bits per heavy atom. The largest absolute Gasteiger partial charge is 0.459 e. The minimum absolute atomic E-state index is 0.158. The number of furan rings is 1. The molecule has 0 radical (unpaired) electrons. The highest BCUT2D eigenvalue weighted by molar-refractivity contribution is 6.52. The molecular formula is C19H15Cl2NO2. The smallest absolute Gasteiger partial charge is 0.227 e. The molecule has 1 N–H and O–H groups in total. The number of carbonyl (C=O) groups excluding carboxylic acids is 1. The molecule has 1 aliphatic carbocycles. The number of halogens is 2. The molecule has 0 spiro atoms. The quantitative estimate of drug-likeness (QED) is 0.677. The Hall–Kier alpha value is -1.97. The van der Waals surface area contributed by atoms with Gasteiger partial charge in [0.05, 0.1) is 5.92 Å². The zero-order valence-electron chi connectivity index (χ0n) is 12.7. The van der Waals surface area contributed by atoms with Crippen LogP contribution >= 0.6 is 23.2 Å². The second kappa shape index (κ2) is 5.83. The summed E-state index contributed by atoms with van der Waals surface area (Å²) < 4.78 is 5.01. The van der Waals surface area contributed by atoms with Crippen LogP contribution in [0.3, 0.4) is 0 Å². The van der Waals surface area contributed by atoms with Crippen LogP contribution in [0.2, 0.25) is 0 Å². The molecular weight excluding hydrogens is 345 g/mol. The van der Waals surface area contributed by atoms with E-state index in [-0.39, 0.29) is 17.9 Å². The number of amides is 1. The Balaban J connectivity index is 1.69. The van der Waals surface area contributed by atoms with Crippen molar-refractivity contribution in [3.63, 3.8) is 0 Å². The number of carbonyl (C=O) groups is 1. The molecule has 2 unspecified atom stereocenters. The van der Waals surface area contributed by atoms with Gasteiger partial charge in [-0.3, -0.25) is 4.79 Å². The third-order valence-corrected chi connectivity index (χ3v) is 5.13.